The van der Waals surface area contributed by atoms with Gasteiger partial charge in [-0.15, -0.1) is 0 Å². The van der Waals surface area contributed by atoms with Gasteiger partial charge < -0.3 is 4.90 Å². The van der Waals surface area contributed by atoms with Crippen LogP contribution in [0.25, 0.3) is 0 Å². The third-order valence-corrected chi connectivity index (χ3v) is 4.13. The molecule has 0 aromatic heterocycles. The van der Waals surface area contributed by atoms with Crippen molar-refractivity contribution in [3.8, 4) is 0 Å². The van der Waals surface area contributed by atoms with Gasteiger partial charge >= 0.3 is 0 Å². The van der Waals surface area contributed by atoms with E-state index in [-0.39, 0.29) is 0 Å². The molecule has 0 aromatic rings. The van der Waals surface area contributed by atoms with E-state index in [4.69, 9.17) is 0 Å². The second kappa shape index (κ2) is 4.38. The average molecular weight is 189 g/mol. The summed E-state index contributed by atoms with van der Waals surface area (Å²) in [5.41, 5.74) is 0. The fourth-order valence-electron chi connectivity index (χ4n) is 1.61. The van der Waals surface area contributed by atoms with Gasteiger partial charge in [-0.05, 0) is 33.7 Å². The van der Waals surface area contributed by atoms with Crippen LogP contribution < -0.4 is 0 Å². The molecule has 12 heavy (non-hydrogen) atoms. The van der Waals surface area contributed by atoms with E-state index in [1.54, 1.807) is 0 Å². The first-order valence-corrected chi connectivity index (χ1v) is 6.17. The normalized spacial score (nSPS) is 31.4. The van der Waals surface area contributed by atoms with Crippen molar-refractivity contribution in [2.75, 3.05) is 18.6 Å². The van der Waals surface area contributed by atoms with E-state index in [0.29, 0.717) is 12.1 Å². The van der Waals surface area contributed by atoms with Crippen molar-refractivity contribution >= 4 is 10.8 Å². The molecule has 1 aliphatic heterocycles. The fraction of sp³-hybridized carbons (Fsp3) is 1.00. The van der Waals surface area contributed by atoms with Gasteiger partial charge in [0.1, 0.15) is 0 Å². The second-order valence-corrected chi connectivity index (χ2v) is 5.53. The highest BCUT2D eigenvalue weighted by atomic mass is 32.2. The highest BCUT2D eigenvalue weighted by molar-refractivity contribution is 7.85. The van der Waals surface area contributed by atoms with Gasteiger partial charge in [0.2, 0.25) is 0 Å². The Morgan fingerprint density at radius 3 is 2.25 bits per heavy atom. The summed E-state index contributed by atoms with van der Waals surface area (Å²) in [7, 11) is 1.65. The van der Waals surface area contributed by atoms with Gasteiger partial charge in [0, 0.05) is 34.4 Å². The lowest BCUT2D eigenvalue weighted by atomic mass is 10.1. The van der Waals surface area contributed by atoms with Gasteiger partial charge in [0.25, 0.3) is 0 Å². The maximum atomic E-state index is 11.1. The van der Waals surface area contributed by atoms with Crippen LogP contribution in [0.5, 0.6) is 0 Å². The SMILES string of the molecule is CC(C)N(C)C1CCS(=O)CC1. The summed E-state index contributed by atoms with van der Waals surface area (Å²) in [6.07, 6.45) is 2.22. The van der Waals surface area contributed by atoms with Crippen molar-refractivity contribution in [3.63, 3.8) is 0 Å². The molecule has 0 N–H and O–H groups in total. The summed E-state index contributed by atoms with van der Waals surface area (Å²) in [5, 5.41) is 0. The Labute approximate surface area is 77.8 Å². The minimum atomic E-state index is -0.517. The summed E-state index contributed by atoms with van der Waals surface area (Å²) in [6, 6.07) is 1.28. The van der Waals surface area contributed by atoms with E-state index in [1.165, 1.54) is 0 Å². The number of hydrogen-bond donors (Lipinski definition) is 0. The molecule has 0 saturated carbocycles. The lowest BCUT2D eigenvalue weighted by Gasteiger charge is -2.33. The van der Waals surface area contributed by atoms with Gasteiger partial charge in [-0.1, -0.05) is 0 Å². The standard InChI is InChI=1S/C9H19NOS/c1-8(2)10(3)9-4-6-12(11)7-5-9/h8-9H,4-7H2,1-3H3. The van der Waals surface area contributed by atoms with E-state index in [9.17, 15) is 4.21 Å². The van der Waals surface area contributed by atoms with Crippen LogP contribution in [0.1, 0.15) is 26.7 Å². The molecule has 0 spiro atoms. The smallest absolute Gasteiger partial charge is 0.0249 e. The second-order valence-electron chi connectivity index (χ2n) is 3.84. The van der Waals surface area contributed by atoms with Crippen molar-refractivity contribution < 1.29 is 4.21 Å². The van der Waals surface area contributed by atoms with Crippen molar-refractivity contribution in [2.24, 2.45) is 0 Å². The van der Waals surface area contributed by atoms with Crippen LogP contribution >= 0.6 is 0 Å². The Kier molecular flexibility index (Phi) is 3.72. The van der Waals surface area contributed by atoms with Crippen LogP contribution in [0.3, 0.4) is 0 Å². The molecule has 2 nitrogen and oxygen atoms in total. The maximum Gasteiger partial charge on any atom is 0.0249 e. The Hall–Kier alpha value is 0.110. The Bertz CT molecular complexity index is 160. The molecule has 0 atom stereocenters. The van der Waals surface area contributed by atoms with Crippen LogP contribution in [0, 0.1) is 0 Å². The number of rotatable bonds is 2. The summed E-state index contributed by atoms with van der Waals surface area (Å²) in [6.45, 7) is 4.43. The predicted octanol–water partition coefficient (Wildman–Crippen LogP) is 1.24. The number of nitrogens with zero attached hydrogens (tertiary/aromatic N) is 1. The molecule has 3 heteroatoms. The molecule has 0 amide bonds. The molecule has 1 aliphatic rings. The lowest BCUT2D eigenvalue weighted by Crippen LogP contribution is -2.41. The molecule has 0 radical (unpaired) electrons. The molecule has 1 rings (SSSR count). The molecule has 0 unspecified atom stereocenters. The zero-order chi connectivity index (χ0) is 9.14. The summed E-state index contributed by atoms with van der Waals surface area (Å²) >= 11 is 0. The zero-order valence-corrected chi connectivity index (χ0v) is 9.06. The van der Waals surface area contributed by atoms with E-state index >= 15 is 0 Å². The third kappa shape index (κ3) is 2.56. The number of hydrogen-bond acceptors (Lipinski definition) is 2. The topological polar surface area (TPSA) is 20.3 Å². The summed E-state index contributed by atoms with van der Waals surface area (Å²) < 4.78 is 11.1. The zero-order valence-electron chi connectivity index (χ0n) is 8.25. The Morgan fingerprint density at radius 1 is 1.33 bits per heavy atom. The minimum absolute atomic E-state index is 0.517. The summed E-state index contributed by atoms with van der Waals surface area (Å²) in [4.78, 5) is 2.40. The van der Waals surface area contributed by atoms with Gasteiger partial charge in [-0.25, -0.2) is 0 Å². The minimum Gasteiger partial charge on any atom is -0.301 e. The van der Waals surface area contributed by atoms with Gasteiger partial charge in [0.15, 0.2) is 0 Å². The highest BCUT2D eigenvalue weighted by Gasteiger charge is 2.22. The van der Waals surface area contributed by atoms with E-state index < -0.39 is 10.8 Å². The van der Waals surface area contributed by atoms with Gasteiger partial charge in [0.05, 0.1) is 0 Å². The van der Waals surface area contributed by atoms with Crippen molar-refractivity contribution in [2.45, 2.75) is 38.8 Å². The first-order valence-electron chi connectivity index (χ1n) is 4.68. The van der Waals surface area contributed by atoms with Crippen LogP contribution in [-0.2, 0) is 10.8 Å². The quantitative estimate of drug-likeness (QED) is 0.651. The van der Waals surface area contributed by atoms with Gasteiger partial charge in [-0.3, -0.25) is 4.21 Å². The maximum absolute atomic E-state index is 11.1. The third-order valence-electron chi connectivity index (χ3n) is 2.75. The van der Waals surface area contributed by atoms with E-state index in [0.717, 1.165) is 24.3 Å². The molecule has 0 aliphatic carbocycles. The van der Waals surface area contributed by atoms with Crippen molar-refractivity contribution in [1.29, 1.82) is 0 Å². The lowest BCUT2D eigenvalue weighted by molar-refractivity contribution is 0.184. The largest absolute Gasteiger partial charge is 0.301 e. The molecular formula is C9H19NOS. The van der Waals surface area contributed by atoms with Crippen LogP contribution in [-0.4, -0.2) is 39.7 Å². The summed E-state index contributed by atoms with van der Waals surface area (Å²) in [5.74, 6) is 1.81. The first-order chi connectivity index (χ1) is 5.61. The molecule has 0 bridgehead atoms. The van der Waals surface area contributed by atoms with E-state index in [2.05, 4.69) is 25.8 Å². The van der Waals surface area contributed by atoms with Crippen LogP contribution in [0.15, 0.2) is 0 Å². The van der Waals surface area contributed by atoms with Crippen molar-refractivity contribution in [3.05, 3.63) is 0 Å². The molecular weight excluding hydrogens is 170 g/mol. The predicted molar refractivity (Wildman–Crippen MR) is 53.8 cm³/mol. The molecule has 1 heterocycles. The highest BCUT2D eigenvalue weighted by Crippen LogP contribution is 2.16. The first kappa shape index (κ1) is 10.2. The molecule has 1 saturated heterocycles. The monoisotopic (exact) mass is 189 g/mol. The molecule has 0 aromatic carbocycles. The van der Waals surface area contributed by atoms with E-state index in [1.807, 2.05) is 0 Å². The van der Waals surface area contributed by atoms with Crippen LogP contribution in [0.4, 0.5) is 0 Å². The van der Waals surface area contributed by atoms with Gasteiger partial charge in [-0.2, -0.15) is 0 Å². The molecule has 1 fully saturated rings. The Morgan fingerprint density at radius 2 is 1.83 bits per heavy atom. The Balaban J connectivity index is 2.38. The molecule has 72 valence electrons. The van der Waals surface area contributed by atoms with Crippen molar-refractivity contribution in [1.82, 2.24) is 4.90 Å². The fourth-order valence-corrected chi connectivity index (χ4v) is 2.88. The average Bonchev–Trinajstić information content (AvgIpc) is 2.04. The van der Waals surface area contributed by atoms with Crippen LogP contribution in [0.2, 0.25) is 0 Å².